The molecule has 412 valence electrons. The van der Waals surface area contributed by atoms with Crippen molar-refractivity contribution >= 4 is 34.6 Å². The maximum absolute atomic E-state index is 12.7. The largest absolute Gasteiger partial charge is 0.507 e. The second kappa shape index (κ2) is 21.6. The summed E-state index contributed by atoms with van der Waals surface area (Å²) >= 11 is 0. The van der Waals surface area contributed by atoms with Crippen LogP contribution in [-0.2, 0) is 38.1 Å². The molecule has 1 aliphatic heterocycles. The molecule has 0 amide bonds. The summed E-state index contributed by atoms with van der Waals surface area (Å²) in [7, 11) is 0. The molecular formula is C64H96O10. The first kappa shape index (κ1) is 56.5. The Kier molecular flexibility index (Phi) is 16.5. The lowest BCUT2D eigenvalue weighted by molar-refractivity contribution is -0.183. The first-order valence-corrected chi connectivity index (χ1v) is 29.6. The average molecular weight is 1030 g/mol. The van der Waals surface area contributed by atoms with Gasteiger partial charge in [-0.15, -0.1) is 0 Å². The van der Waals surface area contributed by atoms with Crippen molar-refractivity contribution in [2.24, 2.45) is 80.8 Å². The van der Waals surface area contributed by atoms with Crippen LogP contribution in [0.3, 0.4) is 0 Å². The first-order chi connectivity index (χ1) is 34.9. The molecule has 8 aliphatic carbocycles. The molecule has 6 bridgehead atoms. The highest BCUT2D eigenvalue weighted by Gasteiger charge is 2.68. The van der Waals surface area contributed by atoms with Crippen LogP contribution >= 0.6 is 0 Å². The summed E-state index contributed by atoms with van der Waals surface area (Å²) < 4.78 is 29.3. The summed E-state index contributed by atoms with van der Waals surface area (Å²) in [6.07, 6.45) is 21.0. The number of carbonyl (C=O) groups excluding carboxylic acids is 4. The van der Waals surface area contributed by atoms with E-state index in [9.17, 15) is 24.3 Å². The molecule has 0 aromatic heterocycles. The molecule has 1 N–H and O–H groups in total. The molecule has 10 nitrogen and oxygen atoms in total. The van der Waals surface area contributed by atoms with E-state index in [0.29, 0.717) is 41.2 Å². The molecule has 0 spiro atoms. The standard InChI is InChI=1S/C20H32O2.C16H18O3.C14H22O3.C14H24O2/c1-5-19(3,4)18(21)22-20(6-2)11-14-10-15(20)17-13-8-7-12(9-13)16(14)17;1-4-16(2,3)15(18)19-14-10-6-7-11-12(14)8-5-9-13(11)17;1-4-14(2,3)13(15)17-11-8-5-9-7-16-12(11)10(9)6-8;1-4-13(2,3)12(15)16-14(11-7-8-11)9-5-6-10-14/h12-17H,5-11H2,1-4H3;5-10,17H,4H2,1-3H3;8-12H,4-7H2,1-3H3;11H,4-10H2,1-3H3. The van der Waals surface area contributed by atoms with Gasteiger partial charge in [0.1, 0.15) is 28.8 Å². The van der Waals surface area contributed by atoms with E-state index in [0.717, 1.165) is 92.4 Å². The highest BCUT2D eigenvalue weighted by molar-refractivity contribution is 5.94. The minimum atomic E-state index is -0.515. The van der Waals surface area contributed by atoms with Crippen LogP contribution in [0.1, 0.15) is 206 Å². The predicted molar refractivity (Wildman–Crippen MR) is 290 cm³/mol. The SMILES string of the molecule is CCC(C)(C)C(=O)OC1(C2CC2)CCCC1.CCC(C)(C)C(=O)OC1(CC)CC2CC1C1C3CCC(C3)C21.CCC(C)(C)C(=O)OC1C2CC3COC1C3C2.CCC(C)(C)C(=O)Oc1cccc2c(O)cccc12. The lowest BCUT2D eigenvalue weighted by atomic mass is 9.65. The van der Waals surface area contributed by atoms with Crippen LogP contribution < -0.4 is 4.74 Å². The molecule has 0 radical (unpaired) electrons. The Morgan fingerprint density at radius 2 is 1.16 bits per heavy atom. The maximum Gasteiger partial charge on any atom is 0.316 e. The van der Waals surface area contributed by atoms with E-state index >= 15 is 0 Å². The van der Waals surface area contributed by atoms with Crippen LogP contribution in [-0.4, -0.2) is 59.0 Å². The van der Waals surface area contributed by atoms with E-state index in [2.05, 4.69) is 20.8 Å². The number of phenols is 1. The summed E-state index contributed by atoms with van der Waals surface area (Å²) in [4.78, 5) is 49.1. The van der Waals surface area contributed by atoms with E-state index in [1.807, 2.05) is 75.3 Å². The normalized spacial score (nSPS) is 32.6. The van der Waals surface area contributed by atoms with Gasteiger partial charge < -0.3 is 28.8 Å². The number of hydrogen-bond donors (Lipinski definition) is 1. The molecule has 1 heterocycles. The van der Waals surface area contributed by atoms with E-state index in [4.69, 9.17) is 23.7 Å². The molecule has 8 saturated carbocycles. The van der Waals surface area contributed by atoms with E-state index in [1.54, 1.807) is 30.3 Å². The maximum atomic E-state index is 12.7. The third kappa shape index (κ3) is 10.9. The van der Waals surface area contributed by atoms with Crippen molar-refractivity contribution in [2.75, 3.05) is 6.61 Å². The average Bonchev–Trinajstić information content (AvgIpc) is 4.11. The van der Waals surface area contributed by atoms with Crippen LogP contribution in [0.25, 0.3) is 10.8 Å². The van der Waals surface area contributed by atoms with Gasteiger partial charge in [0.25, 0.3) is 0 Å². The van der Waals surface area contributed by atoms with E-state index in [-0.39, 0.29) is 69.3 Å². The fourth-order valence-corrected chi connectivity index (χ4v) is 14.8. The van der Waals surface area contributed by atoms with Gasteiger partial charge in [0.2, 0.25) is 0 Å². The monoisotopic (exact) mass is 1020 g/mol. The minimum Gasteiger partial charge on any atom is -0.507 e. The molecule has 2 aromatic rings. The number of benzene rings is 2. The zero-order chi connectivity index (χ0) is 53.8. The molecule has 12 atom stereocenters. The van der Waals surface area contributed by atoms with Crippen LogP contribution in [0.2, 0.25) is 0 Å². The predicted octanol–water partition coefficient (Wildman–Crippen LogP) is 14.8. The van der Waals surface area contributed by atoms with Gasteiger partial charge in [-0.3, -0.25) is 19.2 Å². The smallest absolute Gasteiger partial charge is 0.316 e. The van der Waals surface area contributed by atoms with E-state index < -0.39 is 5.41 Å². The Morgan fingerprint density at radius 1 is 0.608 bits per heavy atom. The van der Waals surface area contributed by atoms with Gasteiger partial charge in [-0.05, 0) is 236 Å². The fourth-order valence-electron chi connectivity index (χ4n) is 14.8. The van der Waals surface area contributed by atoms with Crippen molar-refractivity contribution in [3.63, 3.8) is 0 Å². The third-order valence-electron chi connectivity index (χ3n) is 21.4. The van der Waals surface area contributed by atoms with Gasteiger partial charge in [-0.2, -0.15) is 0 Å². The Labute approximate surface area is 445 Å². The highest BCUT2D eigenvalue weighted by Crippen LogP contribution is 2.71. The minimum absolute atomic E-state index is 0.0174. The zero-order valence-corrected chi connectivity index (χ0v) is 47.9. The van der Waals surface area contributed by atoms with Gasteiger partial charge in [0.15, 0.2) is 0 Å². The Hall–Kier alpha value is -3.66. The Bertz CT molecular complexity index is 2330. The lowest BCUT2D eigenvalue weighted by Gasteiger charge is -2.46. The van der Waals surface area contributed by atoms with Crippen LogP contribution in [0.15, 0.2) is 36.4 Å². The van der Waals surface area contributed by atoms with Gasteiger partial charge in [-0.1, -0.05) is 58.9 Å². The molecule has 9 fully saturated rings. The van der Waals surface area contributed by atoms with Crippen molar-refractivity contribution < 1.29 is 48.0 Å². The molecule has 74 heavy (non-hydrogen) atoms. The Morgan fingerprint density at radius 3 is 1.77 bits per heavy atom. The Balaban J connectivity index is 0.000000132. The van der Waals surface area contributed by atoms with Gasteiger partial charge in [0, 0.05) is 16.7 Å². The number of rotatable bonds is 14. The van der Waals surface area contributed by atoms with Crippen molar-refractivity contribution in [3.8, 4) is 11.5 Å². The number of fused-ring (bicyclic) bond motifs is 11. The zero-order valence-electron chi connectivity index (χ0n) is 47.9. The van der Waals surface area contributed by atoms with Crippen LogP contribution in [0, 0.1) is 80.8 Å². The highest BCUT2D eigenvalue weighted by atomic mass is 16.6. The van der Waals surface area contributed by atoms with Crippen LogP contribution in [0.4, 0.5) is 0 Å². The molecule has 9 aliphatic rings. The van der Waals surface area contributed by atoms with Gasteiger partial charge in [-0.25, -0.2) is 0 Å². The molecule has 11 rings (SSSR count). The third-order valence-corrected chi connectivity index (χ3v) is 21.4. The molecule has 10 heteroatoms. The van der Waals surface area contributed by atoms with E-state index in [1.165, 1.54) is 64.2 Å². The second-order valence-corrected chi connectivity index (χ2v) is 27.3. The number of esters is 4. The quantitative estimate of drug-likeness (QED) is 0.0843. The molecule has 12 unspecified atom stereocenters. The molecular weight excluding hydrogens is 929 g/mol. The van der Waals surface area contributed by atoms with Crippen molar-refractivity contribution in [1.82, 2.24) is 0 Å². The number of phenolic OH excluding ortho intramolecular Hbond substituents is 1. The summed E-state index contributed by atoms with van der Waals surface area (Å²) in [5.74, 6) is 8.44. The number of ether oxygens (including phenoxy) is 5. The number of aromatic hydroxyl groups is 1. The fraction of sp³-hybridized carbons (Fsp3) is 0.781. The lowest BCUT2D eigenvalue weighted by Crippen LogP contribution is -2.49. The number of hydrogen-bond acceptors (Lipinski definition) is 10. The summed E-state index contributed by atoms with van der Waals surface area (Å²) in [6, 6.07) is 10.5. The molecule has 2 aromatic carbocycles. The van der Waals surface area contributed by atoms with Crippen LogP contribution in [0.5, 0.6) is 11.5 Å². The number of carbonyl (C=O) groups is 4. The van der Waals surface area contributed by atoms with Crippen molar-refractivity contribution in [3.05, 3.63) is 36.4 Å². The van der Waals surface area contributed by atoms with Gasteiger partial charge >= 0.3 is 23.9 Å². The summed E-state index contributed by atoms with van der Waals surface area (Å²) in [5.41, 5.74) is -1.72. The first-order valence-electron chi connectivity index (χ1n) is 29.6. The topological polar surface area (TPSA) is 135 Å². The van der Waals surface area contributed by atoms with Crippen molar-refractivity contribution in [1.29, 1.82) is 0 Å². The van der Waals surface area contributed by atoms with Crippen molar-refractivity contribution in [2.45, 2.75) is 229 Å². The van der Waals surface area contributed by atoms with Gasteiger partial charge in [0.05, 0.1) is 34.4 Å². The summed E-state index contributed by atoms with van der Waals surface area (Å²) in [6.45, 7) is 26.9. The second-order valence-electron chi connectivity index (χ2n) is 27.3. The summed E-state index contributed by atoms with van der Waals surface area (Å²) in [5, 5.41) is 11.2. The molecule has 1 saturated heterocycles.